The van der Waals surface area contributed by atoms with E-state index in [-0.39, 0.29) is 6.42 Å². The highest BCUT2D eigenvalue weighted by atomic mass is 35.5. The minimum atomic E-state index is -4.65. The molecule has 0 fully saturated rings. The van der Waals surface area contributed by atoms with Crippen LogP contribution in [0, 0.1) is 5.82 Å². The quantitative estimate of drug-likeness (QED) is 0.832. The Morgan fingerprint density at radius 3 is 2.35 bits per heavy atom. The predicted octanol–water partition coefficient (Wildman–Crippen LogP) is 3.86. The molecule has 0 bridgehead atoms. The Labute approximate surface area is 99.4 Å². The monoisotopic (exact) mass is 273 g/mol. The van der Waals surface area contributed by atoms with Crippen molar-refractivity contribution < 1.29 is 22.0 Å². The summed E-state index contributed by atoms with van der Waals surface area (Å²) in [5.41, 5.74) is 3.85. The van der Waals surface area contributed by atoms with Crippen LogP contribution in [0.25, 0.3) is 0 Å². The molecule has 1 aromatic rings. The zero-order chi connectivity index (χ0) is 13.2. The standard InChI is InChI=1S/C10H9ClF5N/c11-7-4-5(10(14,15)16)3-6(9(7)13)8(17)1-2-12/h3-4,8H,1-2,17H2/t8-/m1/s1. The summed E-state index contributed by atoms with van der Waals surface area (Å²) >= 11 is 5.34. The van der Waals surface area contributed by atoms with Crippen molar-refractivity contribution in [1.29, 1.82) is 0 Å². The number of halogens is 6. The minimum Gasteiger partial charge on any atom is -0.324 e. The average molecular weight is 274 g/mol. The smallest absolute Gasteiger partial charge is 0.324 e. The third kappa shape index (κ3) is 3.29. The predicted molar refractivity (Wildman–Crippen MR) is 53.9 cm³/mol. The molecule has 7 heteroatoms. The van der Waals surface area contributed by atoms with Crippen LogP contribution in [0.2, 0.25) is 5.02 Å². The van der Waals surface area contributed by atoms with E-state index in [1.807, 2.05) is 0 Å². The number of nitrogens with two attached hydrogens (primary N) is 1. The van der Waals surface area contributed by atoms with Gasteiger partial charge in [-0.2, -0.15) is 13.2 Å². The van der Waals surface area contributed by atoms with Crippen molar-refractivity contribution in [3.63, 3.8) is 0 Å². The van der Waals surface area contributed by atoms with Crippen LogP contribution >= 0.6 is 11.6 Å². The van der Waals surface area contributed by atoms with Gasteiger partial charge in [0.1, 0.15) is 5.82 Å². The van der Waals surface area contributed by atoms with E-state index in [1.54, 1.807) is 0 Å². The van der Waals surface area contributed by atoms with E-state index in [0.717, 1.165) is 0 Å². The summed E-state index contributed by atoms with van der Waals surface area (Å²) < 4.78 is 62.8. The molecule has 96 valence electrons. The van der Waals surface area contributed by atoms with Gasteiger partial charge in [-0.15, -0.1) is 0 Å². The van der Waals surface area contributed by atoms with E-state index in [0.29, 0.717) is 12.1 Å². The van der Waals surface area contributed by atoms with Crippen molar-refractivity contribution in [2.75, 3.05) is 6.67 Å². The molecule has 1 atom stereocenters. The maximum atomic E-state index is 13.4. The Kier molecular flexibility index (Phi) is 4.32. The highest BCUT2D eigenvalue weighted by Crippen LogP contribution is 2.35. The van der Waals surface area contributed by atoms with Crippen molar-refractivity contribution in [2.24, 2.45) is 5.73 Å². The van der Waals surface area contributed by atoms with Gasteiger partial charge in [-0.25, -0.2) is 4.39 Å². The maximum absolute atomic E-state index is 13.4. The second kappa shape index (κ2) is 5.18. The highest BCUT2D eigenvalue weighted by Gasteiger charge is 2.32. The first-order valence-corrected chi connectivity index (χ1v) is 5.03. The molecule has 0 aromatic heterocycles. The van der Waals surface area contributed by atoms with Crippen LogP contribution < -0.4 is 5.73 Å². The van der Waals surface area contributed by atoms with Crippen molar-refractivity contribution in [2.45, 2.75) is 18.6 Å². The molecule has 0 aliphatic carbocycles. The second-order valence-corrected chi connectivity index (χ2v) is 3.85. The van der Waals surface area contributed by atoms with E-state index in [2.05, 4.69) is 0 Å². The first kappa shape index (κ1) is 14.2. The molecule has 0 saturated carbocycles. The van der Waals surface area contributed by atoms with Crippen LogP contribution in [0.15, 0.2) is 12.1 Å². The fourth-order valence-corrected chi connectivity index (χ4v) is 1.54. The summed E-state index contributed by atoms with van der Waals surface area (Å²) in [5, 5.41) is -0.677. The number of rotatable bonds is 3. The molecule has 1 rings (SSSR count). The van der Waals surface area contributed by atoms with E-state index in [4.69, 9.17) is 17.3 Å². The molecule has 0 heterocycles. The number of alkyl halides is 4. The molecule has 0 amide bonds. The van der Waals surface area contributed by atoms with Crippen LogP contribution in [0.3, 0.4) is 0 Å². The van der Waals surface area contributed by atoms with Gasteiger partial charge in [0, 0.05) is 11.6 Å². The first-order valence-electron chi connectivity index (χ1n) is 4.65. The summed E-state index contributed by atoms with van der Waals surface area (Å²) in [6, 6.07) is -0.121. The van der Waals surface area contributed by atoms with Gasteiger partial charge in [0.15, 0.2) is 0 Å². The highest BCUT2D eigenvalue weighted by molar-refractivity contribution is 6.30. The van der Waals surface area contributed by atoms with E-state index in [1.165, 1.54) is 0 Å². The molecule has 1 aromatic carbocycles. The molecule has 0 unspecified atom stereocenters. The van der Waals surface area contributed by atoms with Crippen LogP contribution in [0.1, 0.15) is 23.6 Å². The number of hydrogen-bond acceptors (Lipinski definition) is 1. The van der Waals surface area contributed by atoms with Gasteiger partial charge in [-0.05, 0) is 18.6 Å². The molecule has 0 spiro atoms. The van der Waals surface area contributed by atoms with Crippen molar-refractivity contribution >= 4 is 11.6 Å². The fraction of sp³-hybridized carbons (Fsp3) is 0.400. The zero-order valence-electron chi connectivity index (χ0n) is 8.49. The fourth-order valence-electron chi connectivity index (χ4n) is 1.32. The average Bonchev–Trinajstić information content (AvgIpc) is 2.20. The summed E-state index contributed by atoms with van der Waals surface area (Å²) in [6.07, 6.45) is -4.92. The van der Waals surface area contributed by atoms with Gasteiger partial charge >= 0.3 is 6.18 Å². The normalized spacial score (nSPS) is 13.8. The molecule has 2 N–H and O–H groups in total. The Hall–Kier alpha value is -0.880. The van der Waals surface area contributed by atoms with Gasteiger partial charge in [0.05, 0.1) is 17.3 Å². The van der Waals surface area contributed by atoms with E-state index in [9.17, 15) is 22.0 Å². The van der Waals surface area contributed by atoms with Crippen molar-refractivity contribution in [3.05, 3.63) is 34.1 Å². The largest absolute Gasteiger partial charge is 0.416 e. The molecular weight excluding hydrogens is 265 g/mol. The van der Waals surface area contributed by atoms with Crippen molar-refractivity contribution in [1.82, 2.24) is 0 Å². The van der Waals surface area contributed by atoms with Crippen LogP contribution in [-0.2, 0) is 6.18 Å². The Bertz CT molecular complexity index is 404. The van der Waals surface area contributed by atoms with Crippen LogP contribution in [0.4, 0.5) is 22.0 Å². The lowest BCUT2D eigenvalue weighted by Gasteiger charge is -2.15. The molecule has 0 aliphatic heterocycles. The van der Waals surface area contributed by atoms with E-state index >= 15 is 0 Å². The maximum Gasteiger partial charge on any atom is 0.416 e. The lowest BCUT2D eigenvalue weighted by molar-refractivity contribution is -0.137. The van der Waals surface area contributed by atoms with Gasteiger partial charge in [0.2, 0.25) is 0 Å². The lowest BCUT2D eigenvalue weighted by Crippen LogP contribution is -2.15. The van der Waals surface area contributed by atoms with E-state index < -0.39 is 40.9 Å². The topological polar surface area (TPSA) is 26.0 Å². The second-order valence-electron chi connectivity index (χ2n) is 3.44. The minimum absolute atomic E-state index is 0.269. The number of hydrogen-bond donors (Lipinski definition) is 1. The zero-order valence-corrected chi connectivity index (χ0v) is 9.25. The Morgan fingerprint density at radius 2 is 1.88 bits per heavy atom. The summed E-state index contributed by atoms with van der Waals surface area (Å²) in [4.78, 5) is 0. The van der Waals surface area contributed by atoms with Crippen molar-refractivity contribution in [3.8, 4) is 0 Å². The molecule has 1 nitrogen and oxygen atoms in total. The molecular formula is C10H9ClF5N. The molecule has 17 heavy (non-hydrogen) atoms. The number of benzene rings is 1. The summed E-state index contributed by atoms with van der Waals surface area (Å²) in [6.45, 7) is -0.853. The van der Waals surface area contributed by atoms with Gasteiger partial charge < -0.3 is 5.73 Å². The first-order chi connectivity index (χ1) is 7.77. The molecule has 0 saturated heterocycles. The SMILES string of the molecule is N[C@H](CCF)c1cc(C(F)(F)F)cc(Cl)c1F. The molecule has 0 aliphatic rings. The van der Waals surface area contributed by atoms with Crippen LogP contribution in [-0.4, -0.2) is 6.67 Å². The Balaban J connectivity index is 3.25. The third-order valence-electron chi connectivity index (χ3n) is 2.20. The molecule has 0 radical (unpaired) electrons. The van der Waals surface area contributed by atoms with Gasteiger partial charge in [-0.1, -0.05) is 11.6 Å². The van der Waals surface area contributed by atoms with Gasteiger partial charge in [0.25, 0.3) is 0 Å². The summed E-state index contributed by atoms with van der Waals surface area (Å²) in [5.74, 6) is -1.04. The lowest BCUT2D eigenvalue weighted by atomic mass is 10.0. The summed E-state index contributed by atoms with van der Waals surface area (Å²) in [7, 11) is 0. The van der Waals surface area contributed by atoms with Crippen LogP contribution in [0.5, 0.6) is 0 Å². The van der Waals surface area contributed by atoms with Gasteiger partial charge in [-0.3, -0.25) is 4.39 Å². The third-order valence-corrected chi connectivity index (χ3v) is 2.48. The Morgan fingerprint density at radius 1 is 1.29 bits per heavy atom.